The van der Waals surface area contributed by atoms with E-state index in [0.717, 1.165) is 64.8 Å². The van der Waals surface area contributed by atoms with Crippen LogP contribution in [0, 0.1) is 5.92 Å². The minimum Gasteiger partial charge on any atom is -0.508 e. The summed E-state index contributed by atoms with van der Waals surface area (Å²) in [6, 6.07) is 12.6. The van der Waals surface area contributed by atoms with Crippen LogP contribution in [0.2, 0.25) is 0 Å². The third-order valence-corrected chi connectivity index (χ3v) is 10.1. The average molecular weight is 641 g/mol. The number of carbonyl (C=O) groups is 1. The van der Waals surface area contributed by atoms with Gasteiger partial charge in [-0.05, 0) is 84.6 Å². The normalized spacial score (nSPS) is 25.2. The molecule has 1 saturated carbocycles. The van der Waals surface area contributed by atoms with Gasteiger partial charge in [-0.1, -0.05) is 24.3 Å². The van der Waals surface area contributed by atoms with Gasteiger partial charge in [-0.3, -0.25) is 4.79 Å². The maximum atomic E-state index is 12.0. The third-order valence-electron chi connectivity index (χ3n) is 10.1. The summed E-state index contributed by atoms with van der Waals surface area (Å²) >= 11 is 0. The number of phenolic OH excluding ortho intramolecular Hbond substituents is 2. The predicted molar refractivity (Wildman–Crippen MR) is 174 cm³/mol. The van der Waals surface area contributed by atoms with Crippen LogP contribution in [0.25, 0.3) is 11.1 Å². The molecule has 2 aliphatic carbocycles. The van der Waals surface area contributed by atoms with E-state index < -0.39 is 12.9 Å². The molecule has 4 aliphatic rings. The Morgan fingerprint density at radius 3 is 2.74 bits per heavy atom. The minimum atomic E-state index is -0.532. The van der Waals surface area contributed by atoms with Crippen molar-refractivity contribution in [2.75, 3.05) is 20.5 Å². The summed E-state index contributed by atoms with van der Waals surface area (Å²) < 4.78 is 23.7. The molecule has 0 saturated heterocycles. The number of allylic oxidation sites excluding steroid dienone is 2. The van der Waals surface area contributed by atoms with Crippen LogP contribution in [0.1, 0.15) is 66.9 Å². The Morgan fingerprint density at radius 2 is 2.00 bits per heavy atom. The topological polar surface area (TPSA) is 153 Å². The van der Waals surface area contributed by atoms with Crippen molar-refractivity contribution in [3.63, 3.8) is 0 Å². The molecular weight excluding hydrogens is 600 g/mol. The van der Waals surface area contributed by atoms with Crippen LogP contribution >= 0.6 is 0 Å². The first-order valence-corrected chi connectivity index (χ1v) is 16.0. The molecule has 3 aromatic rings. The highest BCUT2D eigenvalue weighted by Crippen LogP contribution is 2.62. The Labute approximate surface area is 273 Å². The summed E-state index contributed by atoms with van der Waals surface area (Å²) in [5.41, 5.74) is 12.4. The number of esters is 1. The number of aromatic hydroxyl groups is 2. The fraction of sp³-hybridized carbons (Fsp3) is 0.378. The molecule has 1 spiro atoms. The standard InChI is InChI=1S/C37H40N2O8/c1-20(41)45-18-28-26-5-6-27-33-24(12-25(42)14-31(33)46-19-40)16-37(10-9-21(15-37)11-22-3-8-32(38)39-17-22)34(27)36(26)47-35(28)23-4-7-29(43)30(13-23)44-2/h3-8,12-14,17,21,28,32,35,39-40,42-43H,9-11,15-16,18-19,38H2,1-2H3. The SMILES string of the molecule is COc1cc(C2Oc3c(ccc4c3C3(CCC(CC5=CNC(N)C=C5)C3)Cc3cc(O)cc(OCO)c3-4)C2COC(C)=O)ccc1O. The van der Waals surface area contributed by atoms with E-state index in [1.54, 1.807) is 24.3 Å². The molecule has 10 heteroatoms. The second-order valence-electron chi connectivity index (χ2n) is 13.1. The molecule has 7 rings (SSSR count). The summed E-state index contributed by atoms with van der Waals surface area (Å²) in [7, 11) is 1.50. The molecule has 10 nitrogen and oxygen atoms in total. The smallest absolute Gasteiger partial charge is 0.302 e. The zero-order chi connectivity index (χ0) is 32.9. The molecule has 0 amide bonds. The van der Waals surface area contributed by atoms with Gasteiger partial charge in [-0.25, -0.2) is 0 Å². The fourth-order valence-corrected chi connectivity index (χ4v) is 8.21. The Hall–Kier alpha value is -4.67. The number of nitrogens with one attached hydrogen (secondary N) is 1. The van der Waals surface area contributed by atoms with Gasteiger partial charge in [0.2, 0.25) is 0 Å². The van der Waals surface area contributed by atoms with Gasteiger partial charge in [-0.2, -0.15) is 0 Å². The first-order chi connectivity index (χ1) is 22.7. The summed E-state index contributed by atoms with van der Waals surface area (Å²) in [5, 5.41) is 34.0. The Morgan fingerprint density at radius 1 is 1.15 bits per heavy atom. The number of fused-ring (bicyclic) bond motifs is 6. The van der Waals surface area contributed by atoms with Gasteiger partial charge < -0.3 is 45.3 Å². The van der Waals surface area contributed by atoms with Gasteiger partial charge in [0.1, 0.15) is 30.0 Å². The number of methoxy groups -OCH3 is 1. The number of aliphatic hydroxyl groups is 1. The van der Waals surface area contributed by atoms with E-state index in [9.17, 15) is 20.1 Å². The van der Waals surface area contributed by atoms with Crippen LogP contribution in [0.3, 0.4) is 0 Å². The summed E-state index contributed by atoms with van der Waals surface area (Å²) in [6.07, 6.45) is 9.76. The molecule has 5 unspecified atom stereocenters. The van der Waals surface area contributed by atoms with Crippen LogP contribution in [0.15, 0.2) is 66.4 Å². The van der Waals surface area contributed by atoms with Crippen molar-refractivity contribution in [3.05, 3.63) is 88.6 Å². The van der Waals surface area contributed by atoms with Crippen molar-refractivity contribution < 1.29 is 39.1 Å². The quantitative estimate of drug-likeness (QED) is 0.164. The highest BCUT2D eigenvalue weighted by atomic mass is 16.6. The van der Waals surface area contributed by atoms with Gasteiger partial charge in [0.25, 0.3) is 0 Å². The summed E-state index contributed by atoms with van der Waals surface area (Å²) in [4.78, 5) is 12.0. The molecule has 3 aromatic carbocycles. The second kappa shape index (κ2) is 12.2. The van der Waals surface area contributed by atoms with Crippen LogP contribution in [-0.4, -0.2) is 48.0 Å². The number of ether oxygens (including phenoxy) is 4. The fourth-order valence-electron chi connectivity index (χ4n) is 8.21. The largest absolute Gasteiger partial charge is 0.508 e. The zero-order valence-electron chi connectivity index (χ0n) is 26.5. The third kappa shape index (κ3) is 5.55. The number of hydrogen-bond donors (Lipinski definition) is 5. The maximum Gasteiger partial charge on any atom is 0.302 e. The molecule has 6 N–H and O–H groups in total. The number of hydrogen-bond acceptors (Lipinski definition) is 10. The highest BCUT2D eigenvalue weighted by molar-refractivity contribution is 5.84. The average Bonchev–Trinajstić information content (AvgIpc) is 3.62. The number of benzene rings is 3. The minimum absolute atomic E-state index is 0.0213. The second-order valence-corrected chi connectivity index (χ2v) is 13.1. The lowest BCUT2D eigenvalue weighted by molar-refractivity contribution is -0.141. The molecule has 5 atom stereocenters. The number of phenols is 2. The highest BCUT2D eigenvalue weighted by Gasteiger charge is 2.50. The lowest BCUT2D eigenvalue weighted by Gasteiger charge is -2.39. The van der Waals surface area contributed by atoms with Gasteiger partial charge in [0.05, 0.1) is 19.2 Å². The van der Waals surface area contributed by atoms with Gasteiger partial charge in [-0.15, -0.1) is 0 Å². The van der Waals surface area contributed by atoms with E-state index >= 15 is 0 Å². The summed E-state index contributed by atoms with van der Waals surface area (Å²) in [5.74, 6) is 1.30. The molecule has 0 aromatic heterocycles. The number of carbonyl (C=O) groups excluding carboxylic acids is 1. The number of dihydropyridines is 1. The molecule has 1 fully saturated rings. The van der Waals surface area contributed by atoms with Crippen molar-refractivity contribution in [2.45, 2.75) is 62.6 Å². The first-order valence-electron chi connectivity index (χ1n) is 16.0. The predicted octanol–water partition coefficient (Wildman–Crippen LogP) is 5.19. The van der Waals surface area contributed by atoms with E-state index in [0.29, 0.717) is 23.8 Å². The maximum absolute atomic E-state index is 12.0. The van der Waals surface area contributed by atoms with Gasteiger partial charge in [0.15, 0.2) is 18.3 Å². The molecule has 47 heavy (non-hydrogen) atoms. The lowest BCUT2D eigenvalue weighted by atomic mass is 9.65. The van der Waals surface area contributed by atoms with Crippen molar-refractivity contribution in [3.8, 4) is 39.9 Å². The molecule has 2 aliphatic heterocycles. The first kappa shape index (κ1) is 31.0. The lowest BCUT2D eigenvalue weighted by Crippen LogP contribution is -2.33. The van der Waals surface area contributed by atoms with Crippen LogP contribution in [-0.2, 0) is 21.4 Å². The van der Waals surface area contributed by atoms with Crippen molar-refractivity contribution in [1.29, 1.82) is 0 Å². The zero-order valence-corrected chi connectivity index (χ0v) is 26.5. The van der Waals surface area contributed by atoms with E-state index in [4.69, 9.17) is 24.7 Å². The number of rotatable bonds is 8. The van der Waals surface area contributed by atoms with Crippen molar-refractivity contribution in [2.24, 2.45) is 11.7 Å². The van der Waals surface area contributed by atoms with Crippen LogP contribution in [0.5, 0.6) is 28.7 Å². The van der Waals surface area contributed by atoms with E-state index in [2.05, 4.69) is 17.5 Å². The Kier molecular flexibility index (Phi) is 8.01. The van der Waals surface area contributed by atoms with E-state index in [1.165, 1.54) is 25.7 Å². The van der Waals surface area contributed by atoms with Gasteiger partial charge in [0, 0.05) is 41.3 Å². The molecule has 0 bridgehead atoms. The molecule has 0 radical (unpaired) electrons. The molecule has 246 valence electrons. The van der Waals surface area contributed by atoms with Crippen LogP contribution in [0.4, 0.5) is 0 Å². The molecular formula is C37H40N2O8. The van der Waals surface area contributed by atoms with Gasteiger partial charge >= 0.3 is 5.97 Å². The monoisotopic (exact) mass is 640 g/mol. The number of nitrogens with two attached hydrogens (primary N) is 1. The van der Waals surface area contributed by atoms with Crippen LogP contribution < -0.4 is 25.3 Å². The van der Waals surface area contributed by atoms with E-state index in [-0.39, 0.29) is 41.6 Å². The van der Waals surface area contributed by atoms with Crippen molar-refractivity contribution >= 4 is 5.97 Å². The number of aliphatic hydroxyl groups excluding tert-OH is 1. The molecule has 2 heterocycles. The Bertz CT molecular complexity index is 1780. The Balaban J connectivity index is 1.37. The van der Waals surface area contributed by atoms with E-state index in [1.807, 2.05) is 18.3 Å². The van der Waals surface area contributed by atoms with Crippen molar-refractivity contribution in [1.82, 2.24) is 5.32 Å². The summed E-state index contributed by atoms with van der Waals surface area (Å²) in [6.45, 7) is 0.976.